The fourth-order valence-electron chi connectivity index (χ4n) is 7.13. The Morgan fingerprint density at radius 1 is 0.545 bits per heavy atom. The first kappa shape index (κ1) is 63.4. The number of carbonyl (C=O) groups excluding carboxylic acids is 1. The van der Waals surface area contributed by atoms with Crippen LogP contribution in [0.15, 0.2) is 97.2 Å². The van der Waals surface area contributed by atoms with Crippen LogP contribution in [0.2, 0.25) is 0 Å². The Balaban J connectivity index is 4.12. The largest absolute Gasteiger partial charge is 0.756 e. The topological polar surface area (TPSA) is 108 Å². The van der Waals surface area contributed by atoms with Gasteiger partial charge in [-0.15, -0.1) is 0 Å². The number of aliphatic hydroxyl groups excluding tert-OH is 1. The number of unbranched alkanes of at least 4 members (excludes halogenated alkanes) is 20. The van der Waals surface area contributed by atoms with Crippen LogP contribution in [-0.2, 0) is 18.4 Å². The number of hydrogen-bond donors (Lipinski definition) is 2. The number of nitrogens with zero attached hydrogens (tertiary/aromatic N) is 1. The molecule has 3 atom stereocenters. The summed E-state index contributed by atoms with van der Waals surface area (Å²) in [6.07, 6.45) is 67.6. The van der Waals surface area contributed by atoms with Crippen molar-refractivity contribution in [3.8, 4) is 0 Å². The number of quaternary nitrogens is 1. The van der Waals surface area contributed by atoms with Gasteiger partial charge in [0.05, 0.1) is 39.9 Å². The van der Waals surface area contributed by atoms with Crippen molar-refractivity contribution in [3.05, 3.63) is 97.2 Å². The first-order chi connectivity index (χ1) is 32.0. The summed E-state index contributed by atoms with van der Waals surface area (Å²) >= 11 is 0. The van der Waals surface area contributed by atoms with Crippen molar-refractivity contribution in [2.45, 2.75) is 219 Å². The fourth-order valence-corrected chi connectivity index (χ4v) is 7.85. The molecule has 0 radical (unpaired) electrons. The van der Waals surface area contributed by atoms with Gasteiger partial charge in [-0.1, -0.05) is 220 Å². The van der Waals surface area contributed by atoms with Crippen LogP contribution >= 0.6 is 7.82 Å². The molecule has 2 N–H and O–H groups in total. The highest BCUT2D eigenvalue weighted by Crippen LogP contribution is 2.38. The van der Waals surface area contributed by atoms with Gasteiger partial charge >= 0.3 is 0 Å². The van der Waals surface area contributed by atoms with E-state index < -0.39 is 20.0 Å². The average Bonchev–Trinajstić information content (AvgIpc) is 3.28. The number of carbonyl (C=O) groups is 1. The SMILES string of the molecule is CC/C=C\C/C=C\C/C=C\C/C=C\C/C=C\C/C=C\C/C=C\CCCCCCCCCCCCCC(=O)NC(COP(=O)([O-])OCC[N+](C)(C)C)C(O)/C=C/CCCCCCCCCCC. The fraction of sp³-hybridized carbons (Fsp3) is 0.702. The number of hydrogen-bond acceptors (Lipinski definition) is 6. The van der Waals surface area contributed by atoms with Crippen LogP contribution in [-0.4, -0.2) is 68.5 Å². The van der Waals surface area contributed by atoms with Gasteiger partial charge in [0.2, 0.25) is 5.91 Å². The summed E-state index contributed by atoms with van der Waals surface area (Å²) in [5, 5.41) is 13.8. The number of rotatable bonds is 47. The van der Waals surface area contributed by atoms with Gasteiger partial charge in [-0.25, -0.2) is 0 Å². The van der Waals surface area contributed by atoms with Gasteiger partial charge in [-0.2, -0.15) is 0 Å². The van der Waals surface area contributed by atoms with E-state index in [4.69, 9.17) is 9.05 Å². The van der Waals surface area contributed by atoms with Crippen molar-refractivity contribution in [1.82, 2.24) is 5.32 Å². The molecule has 0 spiro atoms. The maximum absolute atomic E-state index is 12.9. The van der Waals surface area contributed by atoms with Crippen molar-refractivity contribution in [3.63, 3.8) is 0 Å². The Hall–Kier alpha value is -2.58. The van der Waals surface area contributed by atoms with E-state index in [0.717, 1.165) is 83.5 Å². The molecular formula is C57H101N2O6P. The number of likely N-dealkylation sites (N-methyl/N-ethyl adjacent to an activating group) is 1. The lowest BCUT2D eigenvalue weighted by atomic mass is 10.0. The van der Waals surface area contributed by atoms with E-state index in [0.29, 0.717) is 17.4 Å². The Morgan fingerprint density at radius 2 is 0.924 bits per heavy atom. The second-order valence-electron chi connectivity index (χ2n) is 18.9. The van der Waals surface area contributed by atoms with Crippen LogP contribution in [0.3, 0.4) is 0 Å². The van der Waals surface area contributed by atoms with Gasteiger partial charge in [0.1, 0.15) is 13.2 Å². The van der Waals surface area contributed by atoms with E-state index in [9.17, 15) is 19.4 Å². The van der Waals surface area contributed by atoms with E-state index in [-0.39, 0.29) is 19.1 Å². The Morgan fingerprint density at radius 3 is 1.35 bits per heavy atom. The molecule has 8 nitrogen and oxygen atoms in total. The molecule has 0 aromatic rings. The molecule has 0 aromatic carbocycles. The third-order valence-corrected chi connectivity index (χ3v) is 12.3. The number of phosphoric acid groups is 1. The molecule has 66 heavy (non-hydrogen) atoms. The Kier molecular flexibility index (Phi) is 45.6. The average molecular weight is 941 g/mol. The predicted molar refractivity (Wildman–Crippen MR) is 283 cm³/mol. The molecule has 0 heterocycles. The van der Waals surface area contributed by atoms with E-state index in [1.807, 2.05) is 27.2 Å². The quantitative estimate of drug-likeness (QED) is 0.0272. The molecule has 0 rings (SSSR count). The van der Waals surface area contributed by atoms with Gasteiger partial charge in [0.25, 0.3) is 7.82 Å². The van der Waals surface area contributed by atoms with E-state index >= 15 is 0 Å². The number of phosphoric ester groups is 1. The first-order valence-corrected chi connectivity index (χ1v) is 28.1. The van der Waals surface area contributed by atoms with Crippen LogP contribution in [0.4, 0.5) is 0 Å². The summed E-state index contributed by atoms with van der Waals surface area (Å²) in [5.41, 5.74) is 0. The third kappa shape index (κ3) is 49.3. The van der Waals surface area contributed by atoms with Crippen LogP contribution in [0.5, 0.6) is 0 Å². The molecular weight excluding hydrogens is 840 g/mol. The minimum atomic E-state index is -4.59. The Labute approximate surface area is 407 Å². The van der Waals surface area contributed by atoms with Crippen LogP contribution in [0.25, 0.3) is 0 Å². The highest BCUT2D eigenvalue weighted by atomic mass is 31.2. The maximum Gasteiger partial charge on any atom is 0.268 e. The number of amides is 1. The second kappa shape index (κ2) is 47.5. The molecule has 0 aliphatic heterocycles. The second-order valence-corrected chi connectivity index (χ2v) is 20.3. The molecule has 0 saturated carbocycles. The van der Waals surface area contributed by atoms with Gasteiger partial charge in [0.15, 0.2) is 0 Å². The molecule has 3 unspecified atom stereocenters. The molecule has 1 amide bonds. The van der Waals surface area contributed by atoms with Crippen LogP contribution < -0.4 is 10.2 Å². The molecule has 0 aliphatic carbocycles. The molecule has 0 aliphatic rings. The predicted octanol–water partition coefficient (Wildman–Crippen LogP) is 15.2. The zero-order valence-electron chi connectivity index (χ0n) is 43.1. The molecule has 0 bridgehead atoms. The zero-order chi connectivity index (χ0) is 48.5. The van der Waals surface area contributed by atoms with E-state index in [2.05, 4.69) is 104 Å². The Bertz CT molecular complexity index is 1390. The van der Waals surface area contributed by atoms with E-state index in [1.54, 1.807) is 6.08 Å². The summed E-state index contributed by atoms with van der Waals surface area (Å²) in [6, 6.07) is -0.892. The number of nitrogens with one attached hydrogen (secondary N) is 1. The summed E-state index contributed by atoms with van der Waals surface area (Å²) in [7, 11) is 1.25. The van der Waals surface area contributed by atoms with Crippen molar-refractivity contribution in [1.29, 1.82) is 0 Å². The zero-order valence-corrected chi connectivity index (χ0v) is 44.0. The maximum atomic E-state index is 12.9. The highest BCUT2D eigenvalue weighted by molar-refractivity contribution is 7.45. The van der Waals surface area contributed by atoms with Crippen LogP contribution in [0.1, 0.15) is 206 Å². The van der Waals surface area contributed by atoms with Crippen molar-refractivity contribution in [2.24, 2.45) is 0 Å². The van der Waals surface area contributed by atoms with E-state index in [1.165, 1.54) is 103 Å². The van der Waals surface area contributed by atoms with Gasteiger partial charge in [-0.3, -0.25) is 9.36 Å². The lowest BCUT2D eigenvalue weighted by Crippen LogP contribution is -2.45. The summed E-state index contributed by atoms with van der Waals surface area (Å²) < 4.78 is 23.2. The highest BCUT2D eigenvalue weighted by Gasteiger charge is 2.23. The lowest BCUT2D eigenvalue weighted by Gasteiger charge is -2.29. The lowest BCUT2D eigenvalue weighted by molar-refractivity contribution is -0.870. The van der Waals surface area contributed by atoms with Crippen molar-refractivity contribution >= 4 is 13.7 Å². The minimum absolute atomic E-state index is 0.00571. The summed E-state index contributed by atoms with van der Waals surface area (Å²) in [4.78, 5) is 25.4. The minimum Gasteiger partial charge on any atom is -0.756 e. The monoisotopic (exact) mass is 941 g/mol. The third-order valence-electron chi connectivity index (χ3n) is 11.3. The number of allylic oxidation sites excluding steroid dienone is 15. The smallest absolute Gasteiger partial charge is 0.268 e. The molecule has 0 saturated heterocycles. The van der Waals surface area contributed by atoms with Crippen molar-refractivity contribution < 1.29 is 32.9 Å². The molecule has 0 aromatic heterocycles. The van der Waals surface area contributed by atoms with Gasteiger partial charge in [-0.05, 0) is 77.0 Å². The first-order valence-electron chi connectivity index (χ1n) is 26.6. The molecule has 0 fully saturated rings. The number of aliphatic hydroxyl groups is 1. The normalized spacial score (nSPS) is 14.8. The summed E-state index contributed by atoms with van der Waals surface area (Å²) in [6.45, 7) is 4.50. The van der Waals surface area contributed by atoms with Gasteiger partial charge < -0.3 is 28.8 Å². The molecule has 380 valence electrons. The van der Waals surface area contributed by atoms with Crippen molar-refractivity contribution in [2.75, 3.05) is 40.9 Å². The van der Waals surface area contributed by atoms with Crippen LogP contribution in [0, 0.1) is 0 Å². The standard InChI is InChI=1S/C57H101N2O6P/c1-6-8-10-12-14-16-18-19-20-21-22-23-24-25-26-27-28-29-30-31-32-33-34-35-36-37-38-39-41-43-45-47-49-51-57(61)58-55(54-65-66(62,63)64-53-52-59(3,4)5)56(60)50-48-46-44-42-40-17-15-13-11-9-7-2/h8,10,14,16,19-20,22-23,25-26,28-29,31-32,48,50,55-56,60H,6-7,9,11-13,15,17-18,21,24,27,30,33-47,49,51-54H2,1-5H3,(H-,58,61,62,63)/b10-8-,16-14-,20-19-,23-22-,26-25-,29-28-,32-31-,50-48+. The molecule has 9 heteroatoms. The summed E-state index contributed by atoms with van der Waals surface area (Å²) in [5.74, 6) is -0.206. The van der Waals surface area contributed by atoms with Gasteiger partial charge in [0, 0.05) is 6.42 Å².